The van der Waals surface area contributed by atoms with Gasteiger partial charge >= 0.3 is 0 Å². The van der Waals surface area contributed by atoms with E-state index in [0.29, 0.717) is 6.04 Å². The zero-order valence-corrected chi connectivity index (χ0v) is 5.68. The van der Waals surface area contributed by atoms with Crippen molar-refractivity contribution in [2.45, 2.75) is 22.8 Å². The molecule has 2 heteroatoms. The van der Waals surface area contributed by atoms with E-state index in [1.165, 1.54) is 12.8 Å². The topological polar surface area (TPSA) is 26.0 Å². The molecule has 0 saturated heterocycles. The normalized spacial score (nSPS) is 45.0. The Hall–Kier alpha value is 0.690. The summed E-state index contributed by atoms with van der Waals surface area (Å²) >= 11 is 2.43. The Labute approximate surface area is 51.4 Å². The molecule has 2 N–H and O–H groups in total. The molecule has 1 nitrogen and oxygen atoms in total. The van der Waals surface area contributed by atoms with Gasteiger partial charge in [-0.25, -0.2) is 0 Å². The van der Waals surface area contributed by atoms with Crippen LogP contribution in [0.5, 0.6) is 0 Å². The summed E-state index contributed by atoms with van der Waals surface area (Å²) in [5.41, 5.74) is 5.46. The molecule has 0 unspecified atom stereocenters. The van der Waals surface area contributed by atoms with Gasteiger partial charge in [0.2, 0.25) is 0 Å². The summed E-state index contributed by atoms with van der Waals surface area (Å²) < 4.78 is 0.887. The highest BCUT2D eigenvalue weighted by molar-refractivity contribution is 14.1. The number of alkyl halides is 1. The maximum Gasteiger partial charge on any atom is 0.0139 e. The molecule has 1 fully saturated rings. The molecule has 1 rings (SSSR count). The van der Waals surface area contributed by atoms with Crippen LogP contribution in [-0.4, -0.2) is 9.97 Å². The largest absolute Gasteiger partial charge is 0.328 e. The third kappa shape index (κ3) is 0.846. The first-order chi connectivity index (χ1) is 2.79. The Morgan fingerprint density at radius 1 is 1.50 bits per heavy atom. The van der Waals surface area contributed by atoms with Crippen LogP contribution in [-0.2, 0) is 0 Å². The highest BCUT2D eigenvalue weighted by Crippen LogP contribution is 2.25. The van der Waals surface area contributed by atoms with Gasteiger partial charge in [0.15, 0.2) is 0 Å². The minimum atomic E-state index is 0.534. The average Bonchev–Trinajstić information content (AvgIpc) is 1.33. The first-order valence-electron chi connectivity index (χ1n) is 2.18. The van der Waals surface area contributed by atoms with Crippen molar-refractivity contribution < 1.29 is 0 Å². The van der Waals surface area contributed by atoms with Crippen LogP contribution in [0.15, 0.2) is 0 Å². The van der Waals surface area contributed by atoms with Crippen molar-refractivity contribution in [2.24, 2.45) is 5.73 Å². The summed E-state index contributed by atoms with van der Waals surface area (Å²) in [6.07, 6.45) is 2.47. The van der Waals surface area contributed by atoms with Gasteiger partial charge in [0.05, 0.1) is 0 Å². The SMILES string of the molecule is N[C@H]1C[C@H](I)C1. The fourth-order valence-corrected chi connectivity index (χ4v) is 1.89. The van der Waals surface area contributed by atoms with Crippen molar-refractivity contribution in [1.82, 2.24) is 0 Å². The van der Waals surface area contributed by atoms with Gasteiger partial charge < -0.3 is 5.73 Å². The fraction of sp³-hybridized carbons (Fsp3) is 1.00. The first kappa shape index (κ1) is 4.84. The van der Waals surface area contributed by atoms with Crippen LogP contribution in [0.1, 0.15) is 12.8 Å². The minimum Gasteiger partial charge on any atom is -0.328 e. The predicted octanol–water partition coefficient (Wildman–Crippen LogP) is 0.911. The molecular weight excluding hydrogens is 189 g/mol. The van der Waals surface area contributed by atoms with E-state index in [1.54, 1.807) is 0 Å². The van der Waals surface area contributed by atoms with E-state index in [-0.39, 0.29) is 0 Å². The summed E-state index contributed by atoms with van der Waals surface area (Å²) in [4.78, 5) is 0. The van der Waals surface area contributed by atoms with Crippen molar-refractivity contribution in [2.75, 3.05) is 0 Å². The van der Waals surface area contributed by atoms with Gasteiger partial charge in [-0.05, 0) is 12.8 Å². The molecule has 1 saturated carbocycles. The molecule has 1 aliphatic rings. The molecule has 6 heavy (non-hydrogen) atoms. The standard InChI is InChI=1S/C4H8IN/c5-3-1-4(6)2-3/h3-4H,1-2,6H2/t3-,4-. The van der Waals surface area contributed by atoms with Gasteiger partial charge in [-0.2, -0.15) is 0 Å². The highest BCUT2D eigenvalue weighted by Gasteiger charge is 2.21. The second-order valence-corrected chi connectivity index (χ2v) is 3.59. The van der Waals surface area contributed by atoms with Crippen LogP contribution in [0.2, 0.25) is 0 Å². The molecule has 0 aliphatic heterocycles. The van der Waals surface area contributed by atoms with E-state index < -0.39 is 0 Å². The van der Waals surface area contributed by atoms with Crippen LogP contribution in [0, 0.1) is 0 Å². The third-order valence-electron chi connectivity index (χ3n) is 1.12. The van der Waals surface area contributed by atoms with E-state index in [2.05, 4.69) is 22.6 Å². The van der Waals surface area contributed by atoms with E-state index >= 15 is 0 Å². The molecule has 0 aromatic carbocycles. The third-order valence-corrected chi connectivity index (χ3v) is 2.13. The zero-order chi connectivity index (χ0) is 4.57. The molecule has 0 bridgehead atoms. The Bertz CT molecular complexity index is 43.5. The molecular formula is C4H8IN. The smallest absolute Gasteiger partial charge is 0.0139 e. The van der Waals surface area contributed by atoms with Gasteiger partial charge in [-0.15, -0.1) is 0 Å². The monoisotopic (exact) mass is 197 g/mol. The lowest BCUT2D eigenvalue weighted by atomic mass is 9.94. The van der Waals surface area contributed by atoms with Crippen LogP contribution in [0.3, 0.4) is 0 Å². The molecule has 0 aromatic rings. The molecule has 0 heterocycles. The molecule has 1 aliphatic carbocycles. The van der Waals surface area contributed by atoms with Gasteiger partial charge in [-0.1, -0.05) is 22.6 Å². The lowest BCUT2D eigenvalue weighted by Crippen LogP contribution is -2.36. The van der Waals surface area contributed by atoms with E-state index in [1.807, 2.05) is 0 Å². The molecule has 36 valence electrons. The molecule has 0 amide bonds. The fourth-order valence-electron chi connectivity index (χ4n) is 0.588. The number of hydrogen-bond acceptors (Lipinski definition) is 1. The summed E-state index contributed by atoms with van der Waals surface area (Å²) in [6.45, 7) is 0. The Morgan fingerprint density at radius 3 is 2.00 bits per heavy atom. The van der Waals surface area contributed by atoms with Gasteiger partial charge in [-0.3, -0.25) is 0 Å². The number of halogens is 1. The maximum absolute atomic E-state index is 5.46. The Kier molecular flexibility index (Phi) is 1.34. The van der Waals surface area contributed by atoms with Gasteiger partial charge in [0.1, 0.15) is 0 Å². The quantitative estimate of drug-likeness (QED) is 0.453. The van der Waals surface area contributed by atoms with Crippen molar-refractivity contribution in [3.63, 3.8) is 0 Å². The molecule has 0 aromatic heterocycles. The summed E-state index contributed by atoms with van der Waals surface area (Å²) in [6, 6.07) is 0.534. The van der Waals surface area contributed by atoms with Crippen molar-refractivity contribution in [3.8, 4) is 0 Å². The summed E-state index contributed by atoms with van der Waals surface area (Å²) in [5.74, 6) is 0. The number of nitrogens with two attached hydrogens (primary N) is 1. The molecule has 0 spiro atoms. The first-order valence-corrected chi connectivity index (χ1v) is 3.43. The highest BCUT2D eigenvalue weighted by atomic mass is 127. The van der Waals surface area contributed by atoms with E-state index in [0.717, 1.165) is 3.92 Å². The minimum absolute atomic E-state index is 0.534. The van der Waals surface area contributed by atoms with Crippen LogP contribution >= 0.6 is 22.6 Å². The lowest BCUT2D eigenvalue weighted by Gasteiger charge is -2.26. The van der Waals surface area contributed by atoms with Crippen LogP contribution < -0.4 is 5.73 Å². The lowest BCUT2D eigenvalue weighted by molar-refractivity contribution is 0.447. The summed E-state index contributed by atoms with van der Waals surface area (Å²) in [7, 11) is 0. The second-order valence-electron chi connectivity index (χ2n) is 1.83. The van der Waals surface area contributed by atoms with Crippen molar-refractivity contribution in [3.05, 3.63) is 0 Å². The zero-order valence-electron chi connectivity index (χ0n) is 3.52. The molecule has 0 atom stereocenters. The number of rotatable bonds is 0. The van der Waals surface area contributed by atoms with Gasteiger partial charge in [0.25, 0.3) is 0 Å². The van der Waals surface area contributed by atoms with Crippen LogP contribution in [0.4, 0.5) is 0 Å². The van der Waals surface area contributed by atoms with E-state index in [9.17, 15) is 0 Å². The second kappa shape index (κ2) is 1.66. The molecule has 0 radical (unpaired) electrons. The van der Waals surface area contributed by atoms with Crippen molar-refractivity contribution >= 4 is 22.6 Å². The maximum atomic E-state index is 5.46. The Balaban J connectivity index is 2.11. The van der Waals surface area contributed by atoms with Crippen molar-refractivity contribution in [1.29, 1.82) is 0 Å². The average molecular weight is 197 g/mol. The Morgan fingerprint density at radius 2 is 2.00 bits per heavy atom. The van der Waals surface area contributed by atoms with E-state index in [4.69, 9.17) is 5.73 Å². The van der Waals surface area contributed by atoms with Crippen LogP contribution in [0.25, 0.3) is 0 Å². The number of hydrogen-bond donors (Lipinski definition) is 1. The predicted molar refractivity (Wildman–Crippen MR) is 35.0 cm³/mol. The van der Waals surface area contributed by atoms with Gasteiger partial charge in [0, 0.05) is 9.97 Å². The summed E-state index contributed by atoms with van der Waals surface area (Å²) in [5, 5.41) is 0.